The van der Waals surface area contributed by atoms with Crippen molar-refractivity contribution in [2.45, 2.75) is 0 Å². The summed E-state index contributed by atoms with van der Waals surface area (Å²) in [5.41, 5.74) is 0.721. The van der Waals surface area contributed by atoms with Gasteiger partial charge in [-0.1, -0.05) is 17.7 Å². The third-order valence-corrected chi connectivity index (χ3v) is 3.02. The van der Waals surface area contributed by atoms with E-state index in [2.05, 4.69) is 5.32 Å². The largest absolute Gasteiger partial charge is 0.507 e. The van der Waals surface area contributed by atoms with Crippen molar-refractivity contribution in [2.75, 3.05) is 11.9 Å². The highest BCUT2D eigenvalue weighted by Gasteiger charge is 2.14. The normalized spacial score (nSPS) is 9.74. The molecular formula is C16H11ClN2O4. The first-order valence-corrected chi connectivity index (χ1v) is 6.83. The number of benzene rings is 2. The monoisotopic (exact) mass is 330 g/mol. The maximum absolute atomic E-state index is 11.8. The Morgan fingerprint density at radius 3 is 2.74 bits per heavy atom. The average Bonchev–Trinajstić information content (AvgIpc) is 2.53. The number of nitriles is 1. The summed E-state index contributed by atoms with van der Waals surface area (Å²) in [5, 5.41) is 21.2. The molecule has 0 bridgehead atoms. The molecule has 0 heterocycles. The van der Waals surface area contributed by atoms with Crippen molar-refractivity contribution in [1.82, 2.24) is 0 Å². The zero-order valence-corrected chi connectivity index (χ0v) is 12.5. The van der Waals surface area contributed by atoms with Gasteiger partial charge in [-0.05, 0) is 36.4 Å². The summed E-state index contributed by atoms with van der Waals surface area (Å²) in [6, 6.07) is 12.2. The van der Waals surface area contributed by atoms with E-state index in [0.717, 1.165) is 0 Å². The van der Waals surface area contributed by atoms with Gasteiger partial charge in [-0.15, -0.1) is 0 Å². The van der Waals surface area contributed by atoms with Crippen molar-refractivity contribution < 1.29 is 19.4 Å². The lowest BCUT2D eigenvalue weighted by Gasteiger charge is -2.08. The topological polar surface area (TPSA) is 99.4 Å². The highest BCUT2D eigenvalue weighted by molar-refractivity contribution is 6.30. The summed E-state index contributed by atoms with van der Waals surface area (Å²) in [7, 11) is 0. The van der Waals surface area contributed by atoms with Gasteiger partial charge in [-0.2, -0.15) is 5.26 Å². The van der Waals surface area contributed by atoms with Crippen LogP contribution in [0.25, 0.3) is 0 Å². The van der Waals surface area contributed by atoms with Crippen LogP contribution in [0.5, 0.6) is 5.75 Å². The summed E-state index contributed by atoms with van der Waals surface area (Å²) in [5.74, 6) is -1.74. The number of ether oxygens (including phenoxy) is 1. The molecule has 0 aliphatic rings. The first-order valence-electron chi connectivity index (χ1n) is 6.45. The van der Waals surface area contributed by atoms with E-state index in [-0.39, 0.29) is 16.3 Å². The summed E-state index contributed by atoms with van der Waals surface area (Å²) >= 11 is 5.66. The Hall–Kier alpha value is -3.04. The zero-order valence-electron chi connectivity index (χ0n) is 11.7. The van der Waals surface area contributed by atoms with E-state index in [1.807, 2.05) is 6.07 Å². The molecule has 2 N–H and O–H groups in total. The summed E-state index contributed by atoms with van der Waals surface area (Å²) in [6.45, 7) is -0.530. The molecule has 23 heavy (non-hydrogen) atoms. The molecule has 0 aliphatic heterocycles. The number of amides is 1. The van der Waals surface area contributed by atoms with Gasteiger partial charge in [0.2, 0.25) is 0 Å². The van der Waals surface area contributed by atoms with Gasteiger partial charge in [0.05, 0.1) is 11.6 Å². The predicted molar refractivity (Wildman–Crippen MR) is 83.2 cm³/mol. The first-order chi connectivity index (χ1) is 11.0. The summed E-state index contributed by atoms with van der Waals surface area (Å²) < 4.78 is 4.82. The fourth-order valence-electron chi connectivity index (χ4n) is 1.75. The minimum atomic E-state index is -0.847. The van der Waals surface area contributed by atoms with Crippen LogP contribution in [-0.2, 0) is 9.53 Å². The van der Waals surface area contributed by atoms with E-state index < -0.39 is 18.5 Å². The number of phenols is 1. The van der Waals surface area contributed by atoms with Crippen LogP contribution >= 0.6 is 11.6 Å². The number of carbonyl (C=O) groups excluding carboxylic acids is 2. The Bertz CT molecular complexity index is 799. The molecular weight excluding hydrogens is 320 g/mol. The Balaban J connectivity index is 1.93. The Labute approximate surface area is 136 Å². The number of hydrogen-bond acceptors (Lipinski definition) is 5. The molecule has 1 amide bonds. The van der Waals surface area contributed by atoms with Gasteiger partial charge in [-0.3, -0.25) is 4.79 Å². The molecule has 2 rings (SSSR count). The molecule has 6 nitrogen and oxygen atoms in total. The lowest BCUT2D eigenvalue weighted by molar-refractivity contribution is -0.119. The summed E-state index contributed by atoms with van der Waals surface area (Å²) in [6.07, 6.45) is 0. The van der Waals surface area contributed by atoms with Crippen molar-refractivity contribution in [3.8, 4) is 11.8 Å². The standard InChI is InChI=1S/C16H11ClN2O4/c17-11-4-5-13(14(20)7-11)16(22)23-9-15(21)19-12-3-1-2-10(6-12)8-18/h1-7,20H,9H2,(H,19,21). The highest BCUT2D eigenvalue weighted by atomic mass is 35.5. The molecule has 2 aromatic rings. The number of hydrogen-bond donors (Lipinski definition) is 2. The molecule has 0 aromatic heterocycles. The van der Waals surface area contributed by atoms with Crippen LogP contribution < -0.4 is 5.32 Å². The molecule has 0 fully saturated rings. The van der Waals surface area contributed by atoms with Gasteiger partial charge in [0.1, 0.15) is 11.3 Å². The van der Waals surface area contributed by atoms with Crippen molar-refractivity contribution in [2.24, 2.45) is 0 Å². The van der Waals surface area contributed by atoms with E-state index in [9.17, 15) is 14.7 Å². The third-order valence-electron chi connectivity index (χ3n) is 2.79. The maximum Gasteiger partial charge on any atom is 0.342 e. The van der Waals surface area contributed by atoms with Gasteiger partial charge < -0.3 is 15.2 Å². The number of halogens is 1. The molecule has 0 radical (unpaired) electrons. The van der Waals surface area contributed by atoms with Crippen LogP contribution in [0.15, 0.2) is 42.5 Å². The van der Waals surface area contributed by atoms with Crippen LogP contribution in [0.1, 0.15) is 15.9 Å². The molecule has 2 aromatic carbocycles. The number of anilines is 1. The summed E-state index contributed by atoms with van der Waals surface area (Å²) in [4.78, 5) is 23.5. The number of carbonyl (C=O) groups is 2. The number of aromatic hydroxyl groups is 1. The molecule has 0 unspecified atom stereocenters. The van der Waals surface area contributed by atoms with E-state index in [1.165, 1.54) is 24.3 Å². The fourth-order valence-corrected chi connectivity index (χ4v) is 1.92. The third kappa shape index (κ3) is 4.46. The van der Waals surface area contributed by atoms with Gasteiger partial charge in [0, 0.05) is 10.7 Å². The van der Waals surface area contributed by atoms with Gasteiger partial charge >= 0.3 is 5.97 Å². The Morgan fingerprint density at radius 2 is 2.04 bits per heavy atom. The molecule has 7 heteroatoms. The van der Waals surface area contributed by atoms with Gasteiger partial charge in [0.25, 0.3) is 5.91 Å². The van der Waals surface area contributed by atoms with Crippen LogP contribution in [-0.4, -0.2) is 23.6 Å². The smallest absolute Gasteiger partial charge is 0.342 e. The van der Waals surface area contributed by atoms with Crippen molar-refractivity contribution >= 4 is 29.2 Å². The SMILES string of the molecule is N#Cc1cccc(NC(=O)COC(=O)c2ccc(Cl)cc2O)c1. The average molecular weight is 331 g/mol. The number of nitrogens with zero attached hydrogens (tertiary/aromatic N) is 1. The highest BCUT2D eigenvalue weighted by Crippen LogP contribution is 2.22. The molecule has 116 valence electrons. The van der Waals surface area contributed by atoms with Crippen LogP contribution in [0.3, 0.4) is 0 Å². The van der Waals surface area contributed by atoms with Crippen molar-refractivity contribution in [3.05, 3.63) is 58.6 Å². The first kappa shape index (κ1) is 16.3. The van der Waals surface area contributed by atoms with E-state index in [4.69, 9.17) is 21.6 Å². The van der Waals surface area contributed by atoms with Crippen LogP contribution in [0, 0.1) is 11.3 Å². The quantitative estimate of drug-likeness (QED) is 0.840. The Kier molecular flexibility index (Phi) is 5.18. The zero-order chi connectivity index (χ0) is 16.8. The van der Waals surface area contributed by atoms with E-state index >= 15 is 0 Å². The number of phenolic OH excluding ortho intramolecular Hbond substituents is 1. The predicted octanol–water partition coefficient (Wildman–Crippen LogP) is 2.71. The Morgan fingerprint density at radius 1 is 1.26 bits per heavy atom. The number of nitrogens with one attached hydrogen (secondary N) is 1. The second-order valence-corrected chi connectivity index (χ2v) is 4.91. The van der Waals surface area contributed by atoms with Crippen LogP contribution in [0.2, 0.25) is 5.02 Å². The van der Waals surface area contributed by atoms with Crippen molar-refractivity contribution in [1.29, 1.82) is 5.26 Å². The second-order valence-electron chi connectivity index (χ2n) is 4.48. The molecule has 0 saturated carbocycles. The van der Waals surface area contributed by atoms with Crippen LogP contribution in [0.4, 0.5) is 5.69 Å². The molecule has 0 aliphatic carbocycles. The minimum absolute atomic E-state index is 0.0892. The van der Waals surface area contributed by atoms with E-state index in [0.29, 0.717) is 11.3 Å². The number of rotatable bonds is 4. The maximum atomic E-state index is 11.8. The molecule has 0 spiro atoms. The molecule has 0 atom stereocenters. The number of esters is 1. The lowest BCUT2D eigenvalue weighted by atomic mass is 10.2. The van der Waals surface area contributed by atoms with Gasteiger partial charge in [-0.25, -0.2) is 4.79 Å². The van der Waals surface area contributed by atoms with E-state index in [1.54, 1.807) is 18.2 Å². The van der Waals surface area contributed by atoms with Gasteiger partial charge in [0.15, 0.2) is 6.61 Å². The fraction of sp³-hybridized carbons (Fsp3) is 0.0625. The second kappa shape index (κ2) is 7.29. The minimum Gasteiger partial charge on any atom is -0.507 e. The molecule has 0 saturated heterocycles. The lowest BCUT2D eigenvalue weighted by Crippen LogP contribution is -2.21. The van der Waals surface area contributed by atoms with Crippen molar-refractivity contribution in [3.63, 3.8) is 0 Å².